The first-order valence-electron chi connectivity index (χ1n) is 19.4. The molecule has 5 amide bonds. The minimum absolute atomic E-state index is 0.00226. The Bertz CT molecular complexity index is 2430. The van der Waals surface area contributed by atoms with Crippen LogP contribution < -0.4 is 32.0 Å². The van der Waals surface area contributed by atoms with Gasteiger partial charge in [0.15, 0.2) is 0 Å². The lowest BCUT2D eigenvalue weighted by Crippen LogP contribution is -2.49. The lowest BCUT2D eigenvalue weighted by molar-refractivity contribution is -0.119. The third-order valence-corrected chi connectivity index (χ3v) is 9.94. The van der Waals surface area contributed by atoms with Crippen LogP contribution in [0.2, 0.25) is 0 Å². The van der Waals surface area contributed by atoms with Gasteiger partial charge >= 0.3 is 24.2 Å². The molecule has 1 atom stereocenters. The summed E-state index contributed by atoms with van der Waals surface area (Å²) in [5.74, 6) is -2.47. The summed E-state index contributed by atoms with van der Waals surface area (Å²) < 4.78 is 29.1. The molecular weight excluding hydrogens is 796 g/mol. The number of halogens is 1. The average Bonchev–Trinajstić information content (AvgIpc) is 3.73. The number of rotatable bonds is 16. The monoisotopic (exact) mass is 840 g/mol. The van der Waals surface area contributed by atoms with Crippen molar-refractivity contribution in [3.8, 4) is 0 Å². The van der Waals surface area contributed by atoms with Crippen LogP contribution in [0.1, 0.15) is 53.0 Å². The number of nitrogens with one attached hydrogen (secondary N) is 3. The number of aryl methyl sites for hydroxylation is 1. The molecule has 0 radical (unpaired) electrons. The molecule has 0 spiro atoms. The number of fused-ring (bicyclic) bond motifs is 1. The Hall–Kier alpha value is -7.51. The fourth-order valence-electron chi connectivity index (χ4n) is 6.71. The molecule has 0 saturated carbocycles. The number of aromatic carboxylic acids is 1. The van der Waals surface area contributed by atoms with Gasteiger partial charge in [0.05, 0.1) is 23.9 Å². The number of nitrogens with zero attached hydrogens (tertiary/aromatic N) is 6. The highest BCUT2D eigenvalue weighted by Crippen LogP contribution is 2.27. The zero-order valence-corrected chi connectivity index (χ0v) is 33.2. The number of nitrogens with two attached hydrogens (primary N) is 1. The molecule has 320 valence electrons. The zero-order chi connectivity index (χ0) is 43.5. The normalized spacial score (nSPS) is 13.0. The van der Waals surface area contributed by atoms with E-state index in [2.05, 4.69) is 26.3 Å². The number of carbonyl (C=O) groups excluding carboxylic acids is 4. The number of piperazine rings is 1. The molecule has 1 fully saturated rings. The minimum Gasteiger partial charge on any atom is -0.477 e. The molecular formula is C41H45FN10O9. The number of carboxylic acids is 1. The Morgan fingerprint density at radius 3 is 2.31 bits per heavy atom. The molecule has 3 heterocycles. The molecule has 6 N–H and O–H groups in total. The molecule has 1 aliphatic rings. The van der Waals surface area contributed by atoms with E-state index in [4.69, 9.17) is 15.2 Å². The Balaban J connectivity index is 0.999. The number of aromatic nitrogens is 4. The molecule has 1 saturated heterocycles. The standard InChI is InChI=1S/C41H45FN10O9/c1-2-49-23-31(38(55)56)36(53)30-19-32(42)35(20-34(30)49)50-15-17-51(18-16-50)41(59)61-25-27-10-12-28(13-11-27)46-37(54)33(9-6-14-44-39(43)57)52-22-29(47-48-52)21-45-40(58)60-24-26-7-4-3-5-8-26/h3-5,7-8,10-13,19-20,22-23,33H,2,6,9,14-18,21,24-25H2,1H3,(H,45,58)(H,46,54)(H,55,56)(H3,43,44,57)/t33-/m0/s1. The fraction of sp³-hybridized carbons (Fsp3) is 0.317. The van der Waals surface area contributed by atoms with Gasteiger partial charge in [-0.1, -0.05) is 47.7 Å². The lowest BCUT2D eigenvalue weighted by atomic mass is 10.1. The molecule has 20 heteroatoms. The maximum absolute atomic E-state index is 15.3. The zero-order valence-electron chi connectivity index (χ0n) is 33.2. The first-order valence-corrected chi connectivity index (χ1v) is 19.4. The van der Waals surface area contributed by atoms with Crippen molar-refractivity contribution in [2.75, 3.05) is 42.9 Å². The van der Waals surface area contributed by atoms with E-state index in [9.17, 15) is 33.9 Å². The number of anilines is 2. The Kier molecular flexibility index (Phi) is 14.1. The summed E-state index contributed by atoms with van der Waals surface area (Å²) in [6.45, 7) is 3.48. The van der Waals surface area contributed by atoms with Gasteiger partial charge in [-0.05, 0) is 55.2 Å². The van der Waals surface area contributed by atoms with Crippen LogP contribution in [-0.2, 0) is 40.6 Å². The first-order chi connectivity index (χ1) is 29.4. The van der Waals surface area contributed by atoms with Crippen LogP contribution in [0.15, 0.2) is 83.9 Å². The second kappa shape index (κ2) is 20.0. The molecule has 5 aromatic rings. The molecule has 19 nitrogen and oxygen atoms in total. The van der Waals surface area contributed by atoms with E-state index < -0.39 is 52.9 Å². The molecule has 0 unspecified atom stereocenters. The van der Waals surface area contributed by atoms with E-state index in [0.717, 1.165) is 11.6 Å². The van der Waals surface area contributed by atoms with Gasteiger partial charge in [-0.15, -0.1) is 5.10 Å². The Labute approximate surface area is 348 Å². The van der Waals surface area contributed by atoms with Crippen LogP contribution in [0.25, 0.3) is 10.9 Å². The summed E-state index contributed by atoms with van der Waals surface area (Å²) in [4.78, 5) is 77.5. The van der Waals surface area contributed by atoms with E-state index in [1.54, 1.807) is 40.7 Å². The van der Waals surface area contributed by atoms with Crippen LogP contribution >= 0.6 is 0 Å². The summed E-state index contributed by atoms with van der Waals surface area (Å²) in [6.07, 6.45) is 2.23. The van der Waals surface area contributed by atoms with Gasteiger partial charge in [0, 0.05) is 56.5 Å². The van der Waals surface area contributed by atoms with Gasteiger partial charge in [-0.2, -0.15) is 0 Å². The highest BCUT2D eigenvalue weighted by atomic mass is 19.1. The number of carboxylic acid groups (broad SMARTS) is 1. The molecule has 0 bridgehead atoms. The van der Waals surface area contributed by atoms with Crippen LogP contribution in [0.3, 0.4) is 0 Å². The number of hydrogen-bond donors (Lipinski definition) is 5. The van der Waals surface area contributed by atoms with Gasteiger partial charge in [0.1, 0.15) is 36.3 Å². The van der Waals surface area contributed by atoms with E-state index >= 15 is 4.39 Å². The summed E-state index contributed by atoms with van der Waals surface area (Å²) in [6, 6.07) is 17.0. The Morgan fingerprint density at radius 2 is 1.62 bits per heavy atom. The van der Waals surface area contributed by atoms with E-state index in [1.165, 1.54) is 28.0 Å². The SMILES string of the molecule is CCn1cc(C(=O)O)c(=O)c2cc(F)c(N3CCN(C(=O)OCc4ccc(NC(=O)[C@H](CCCNC(N)=O)n5cc(CNC(=O)OCc6ccccc6)nn5)cc4)CC3)cc21. The van der Waals surface area contributed by atoms with E-state index in [1.807, 2.05) is 30.3 Å². The first kappa shape index (κ1) is 43.1. The second-order valence-electron chi connectivity index (χ2n) is 14.1. The topological polar surface area (TPSA) is 245 Å². The van der Waals surface area contributed by atoms with Crippen molar-refractivity contribution in [2.24, 2.45) is 5.73 Å². The number of amides is 5. The van der Waals surface area contributed by atoms with Crippen LogP contribution in [-0.4, -0.2) is 92.4 Å². The maximum Gasteiger partial charge on any atom is 0.410 e. The number of primary amides is 1. The van der Waals surface area contributed by atoms with Gasteiger partial charge < -0.3 is 50.6 Å². The highest BCUT2D eigenvalue weighted by molar-refractivity contribution is 5.94. The van der Waals surface area contributed by atoms with Crippen LogP contribution in [0.4, 0.5) is 30.1 Å². The molecule has 6 rings (SSSR count). The summed E-state index contributed by atoms with van der Waals surface area (Å²) in [5, 5.41) is 25.6. The van der Waals surface area contributed by atoms with Crippen molar-refractivity contribution in [1.82, 2.24) is 35.1 Å². The second-order valence-corrected chi connectivity index (χ2v) is 14.1. The predicted molar refractivity (Wildman–Crippen MR) is 219 cm³/mol. The highest BCUT2D eigenvalue weighted by Gasteiger charge is 2.26. The number of alkyl carbamates (subject to hydrolysis) is 1. The summed E-state index contributed by atoms with van der Waals surface area (Å²) >= 11 is 0. The third-order valence-electron chi connectivity index (χ3n) is 9.94. The summed E-state index contributed by atoms with van der Waals surface area (Å²) in [7, 11) is 0. The number of carbonyl (C=O) groups is 5. The Morgan fingerprint density at radius 1 is 0.918 bits per heavy atom. The maximum atomic E-state index is 15.3. The predicted octanol–water partition coefficient (Wildman–Crippen LogP) is 3.96. The fourth-order valence-corrected chi connectivity index (χ4v) is 6.71. The number of ether oxygens (including phenoxy) is 2. The van der Waals surface area contributed by atoms with E-state index in [-0.39, 0.29) is 70.0 Å². The van der Waals surface area contributed by atoms with Crippen molar-refractivity contribution >= 4 is 52.4 Å². The number of urea groups is 1. The van der Waals surface area contributed by atoms with Gasteiger partial charge in [-0.25, -0.2) is 28.3 Å². The lowest BCUT2D eigenvalue weighted by Gasteiger charge is -2.35. The van der Waals surface area contributed by atoms with Crippen molar-refractivity contribution in [3.05, 3.63) is 118 Å². The van der Waals surface area contributed by atoms with Gasteiger partial charge in [0.2, 0.25) is 11.3 Å². The molecule has 3 aromatic carbocycles. The number of benzene rings is 3. The van der Waals surface area contributed by atoms with Crippen molar-refractivity contribution in [3.63, 3.8) is 0 Å². The van der Waals surface area contributed by atoms with Crippen molar-refractivity contribution in [2.45, 2.75) is 52.1 Å². The van der Waals surface area contributed by atoms with Crippen LogP contribution in [0, 0.1) is 5.82 Å². The molecule has 0 aliphatic carbocycles. The molecule has 61 heavy (non-hydrogen) atoms. The van der Waals surface area contributed by atoms with Crippen LogP contribution in [0.5, 0.6) is 0 Å². The molecule has 1 aliphatic heterocycles. The van der Waals surface area contributed by atoms with Gasteiger partial charge in [0.25, 0.3) is 0 Å². The smallest absolute Gasteiger partial charge is 0.410 e. The van der Waals surface area contributed by atoms with Gasteiger partial charge in [-0.3, -0.25) is 9.59 Å². The largest absolute Gasteiger partial charge is 0.477 e. The average molecular weight is 841 g/mol. The molecule has 2 aromatic heterocycles. The number of pyridine rings is 1. The quantitative estimate of drug-likeness (QED) is 0.0887. The summed E-state index contributed by atoms with van der Waals surface area (Å²) in [5.41, 5.74) is 6.96. The van der Waals surface area contributed by atoms with Crippen molar-refractivity contribution < 1.29 is 42.9 Å². The minimum atomic E-state index is -1.38. The van der Waals surface area contributed by atoms with E-state index in [0.29, 0.717) is 35.4 Å². The third kappa shape index (κ3) is 11.2. The number of hydrogen-bond acceptors (Lipinski definition) is 11. The van der Waals surface area contributed by atoms with Crippen molar-refractivity contribution in [1.29, 1.82) is 0 Å².